The van der Waals surface area contributed by atoms with Crippen LogP contribution in [0, 0.1) is 0 Å². The lowest BCUT2D eigenvalue weighted by Crippen LogP contribution is -2.57. The van der Waals surface area contributed by atoms with Crippen LogP contribution in [0.15, 0.2) is 35.5 Å². The molecule has 0 radical (unpaired) electrons. The molecule has 0 saturated heterocycles. The standard InChI is InChI=1S/C27H41N9O7/c28-10-4-3-8-20(26(42)43)35-25(41)21(13-22(37)38)36-24(40)19(9-5-11-32-27(30)31)34-23(39)17(29)12-15-14-33-18-7-2-1-6-16(15)18/h1-2,6-7,14,17,19-21,33H,3-5,8-13,28-29H2,(H,34,39)(H,35,41)(H,36,40)(H,37,38)(H,42,43)(H4,30,31,32). The van der Waals surface area contributed by atoms with Crippen LogP contribution in [-0.2, 0) is 30.4 Å². The van der Waals surface area contributed by atoms with Crippen molar-refractivity contribution < 1.29 is 34.2 Å². The van der Waals surface area contributed by atoms with Crippen LogP contribution in [0.1, 0.15) is 44.1 Å². The van der Waals surface area contributed by atoms with E-state index >= 15 is 0 Å². The average molecular weight is 604 g/mol. The molecule has 0 fully saturated rings. The van der Waals surface area contributed by atoms with Crippen molar-refractivity contribution in [1.29, 1.82) is 0 Å². The number of aliphatic carboxylic acids is 2. The van der Waals surface area contributed by atoms with Gasteiger partial charge in [-0.25, -0.2) is 4.79 Å². The first-order chi connectivity index (χ1) is 20.4. The number of nitrogens with one attached hydrogen (secondary N) is 4. The van der Waals surface area contributed by atoms with Gasteiger partial charge in [0, 0.05) is 23.6 Å². The summed E-state index contributed by atoms with van der Waals surface area (Å²) in [6.45, 7) is 0.464. The number of nitrogens with zero attached hydrogens (tertiary/aromatic N) is 1. The van der Waals surface area contributed by atoms with E-state index in [1.165, 1.54) is 0 Å². The number of guanidine groups is 1. The molecule has 1 heterocycles. The van der Waals surface area contributed by atoms with E-state index < -0.39 is 60.2 Å². The van der Waals surface area contributed by atoms with Crippen LogP contribution in [0.5, 0.6) is 0 Å². The maximum Gasteiger partial charge on any atom is 0.326 e. The largest absolute Gasteiger partial charge is 0.481 e. The second-order valence-corrected chi connectivity index (χ2v) is 10.0. The monoisotopic (exact) mass is 603 g/mol. The summed E-state index contributed by atoms with van der Waals surface area (Å²) in [6.07, 6.45) is 2.32. The SMILES string of the molecule is NCCCCC(NC(=O)C(CC(=O)O)NC(=O)C(CCCN=C(N)N)NC(=O)C(N)Cc1c[nH]c2ccccc12)C(=O)O. The molecule has 4 atom stereocenters. The quantitative estimate of drug-likeness (QED) is 0.0487. The molecule has 1 aromatic carbocycles. The molecule has 0 spiro atoms. The highest BCUT2D eigenvalue weighted by atomic mass is 16.4. The van der Waals surface area contributed by atoms with Gasteiger partial charge < -0.3 is 54.1 Å². The van der Waals surface area contributed by atoms with Gasteiger partial charge >= 0.3 is 11.9 Å². The minimum absolute atomic E-state index is 0.0202. The highest BCUT2D eigenvalue weighted by Gasteiger charge is 2.31. The number of para-hydroxylation sites is 1. The summed E-state index contributed by atoms with van der Waals surface area (Å²) < 4.78 is 0. The molecule has 4 unspecified atom stereocenters. The molecule has 16 nitrogen and oxygen atoms in total. The number of H-pyrrole nitrogens is 1. The molecule has 0 aliphatic heterocycles. The lowest BCUT2D eigenvalue weighted by Gasteiger charge is -2.24. The van der Waals surface area contributed by atoms with Crippen LogP contribution in [0.2, 0.25) is 0 Å². The predicted molar refractivity (Wildman–Crippen MR) is 158 cm³/mol. The minimum Gasteiger partial charge on any atom is -0.481 e. The number of hydrogen-bond acceptors (Lipinski definition) is 8. The fourth-order valence-corrected chi connectivity index (χ4v) is 4.36. The lowest BCUT2D eigenvalue weighted by atomic mass is 10.0. The Bertz CT molecular complexity index is 1290. The summed E-state index contributed by atoms with van der Waals surface area (Å²) in [6, 6.07) is 2.25. The molecule has 0 saturated carbocycles. The zero-order valence-electron chi connectivity index (χ0n) is 23.8. The lowest BCUT2D eigenvalue weighted by molar-refractivity contribution is -0.143. The number of hydrogen-bond donors (Lipinski definition) is 10. The van der Waals surface area contributed by atoms with E-state index in [4.69, 9.17) is 22.9 Å². The normalized spacial score (nSPS) is 13.7. The Morgan fingerprint density at radius 3 is 2.14 bits per heavy atom. The number of carbonyl (C=O) groups excluding carboxylic acids is 3. The summed E-state index contributed by atoms with van der Waals surface area (Å²) in [4.78, 5) is 69.3. The highest BCUT2D eigenvalue weighted by molar-refractivity contribution is 5.95. The van der Waals surface area contributed by atoms with Crippen molar-refractivity contribution in [1.82, 2.24) is 20.9 Å². The third kappa shape index (κ3) is 11.6. The average Bonchev–Trinajstić information content (AvgIpc) is 3.35. The number of fused-ring (bicyclic) bond motifs is 1. The molecular formula is C27H41N9O7. The van der Waals surface area contributed by atoms with Gasteiger partial charge in [-0.15, -0.1) is 0 Å². The zero-order chi connectivity index (χ0) is 31.9. The van der Waals surface area contributed by atoms with Crippen molar-refractivity contribution in [2.75, 3.05) is 13.1 Å². The molecule has 0 aliphatic carbocycles. The fourth-order valence-electron chi connectivity index (χ4n) is 4.36. The van der Waals surface area contributed by atoms with Crippen LogP contribution in [0.4, 0.5) is 0 Å². The molecule has 0 aliphatic rings. The predicted octanol–water partition coefficient (Wildman–Crippen LogP) is -1.77. The smallest absolute Gasteiger partial charge is 0.326 e. The Morgan fingerprint density at radius 2 is 1.49 bits per heavy atom. The van der Waals surface area contributed by atoms with E-state index in [1.54, 1.807) is 6.20 Å². The van der Waals surface area contributed by atoms with E-state index in [0.29, 0.717) is 19.4 Å². The molecule has 14 N–H and O–H groups in total. The van der Waals surface area contributed by atoms with Crippen LogP contribution < -0.4 is 38.9 Å². The van der Waals surface area contributed by atoms with Crippen molar-refractivity contribution in [2.45, 2.75) is 69.1 Å². The fraction of sp³-hybridized carbons (Fsp3) is 0.481. The van der Waals surface area contributed by atoms with Crippen LogP contribution in [0.25, 0.3) is 10.9 Å². The van der Waals surface area contributed by atoms with Gasteiger partial charge in [0.15, 0.2) is 5.96 Å². The van der Waals surface area contributed by atoms with Crippen molar-refractivity contribution in [3.63, 3.8) is 0 Å². The van der Waals surface area contributed by atoms with Gasteiger partial charge in [0.25, 0.3) is 0 Å². The third-order valence-corrected chi connectivity index (χ3v) is 6.60. The van der Waals surface area contributed by atoms with E-state index in [0.717, 1.165) is 16.5 Å². The summed E-state index contributed by atoms with van der Waals surface area (Å²) in [5.74, 6) is -5.42. The number of aliphatic imine (C=N–C) groups is 1. The molecule has 43 heavy (non-hydrogen) atoms. The molecule has 236 valence electrons. The number of amides is 3. The Kier molecular flexibility index (Phi) is 13.9. The Hall–Kier alpha value is -4.70. The molecule has 16 heteroatoms. The van der Waals surface area contributed by atoms with Crippen LogP contribution >= 0.6 is 0 Å². The van der Waals surface area contributed by atoms with Gasteiger partial charge in [-0.1, -0.05) is 18.2 Å². The maximum atomic E-state index is 13.3. The first-order valence-electron chi connectivity index (χ1n) is 13.8. The third-order valence-electron chi connectivity index (χ3n) is 6.60. The Balaban J connectivity index is 2.17. The maximum absolute atomic E-state index is 13.3. The highest BCUT2D eigenvalue weighted by Crippen LogP contribution is 2.19. The van der Waals surface area contributed by atoms with Crippen molar-refractivity contribution in [2.24, 2.45) is 27.9 Å². The number of carbonyl (C=O) groups is 5. The summed E-state index contributed by atoms with van der Waals surface area (Å²) in [5.41, 5.74) is 24.0. The molecule has 0 bridgehead atoms. The van der Waals surface area contributed by atoms with Gasteiger partial charge in [-0.2, -0.15) is 0 Å². The number of aromatic nitrogens is 1. The Morgan fingerprint density at radius 1 is 0.860 bits per heavy atom. The molecule has 1 aromatic heterocycles. The van der Waals surface area contributed by atoms with Crippen molar-refractivity contribution in [3.05, 3.63) is 36.0 Å². The zero-order valence-corrected chi connectivity index (χ0v) is 23.8. The van der Waals surface area contributed by atoms with E-state index in [9.17, 15) is 34.2 Å². The van der Waals surface area contributed by atoms with E-state index in [-0.39, 0.29) is 38.2 Å². The van der Waals surface area contributed by atoms with E-state index in [2.05, 4.69) is 25.9 Å². The van der Waals surface area contributed by atoms with Gasteiger partial charge in [0.05, 0.1) is 12.5 Å². The number of benzene rings is 1. The summed E-state index contributed by atoms with van der Waals surface area (Å²) in [5, 5.41) is 26.9. The topological polar surface area (TPSA) is 294 Å². The molecule has 2 rings (SSSR count). The number of aromatic amines is 1. The van der Waals surface area contributed by atoms with E-state index in [1.807, 2.05) is 24.3 Å². The van der Waals surface area contributed by atoms with Gasteiger partial charge in [0.2, 0.25) is 17.7 Å². The minimum atomic E-state index is -1.63. The van der Waals surface area contributed by atoms with Crippen LogP contribution in [0.3, 0.4) is 0 Å². The number of rotatable bonds is 19. The first kappa shape index (κ1) is 34.5. The molecule has 2 aromatic rings. The van der Waals surface area contributed by atoms with Crippen LogP contribution in [-0.4, -0.2) is 88.1 Å². The molecular weight excluding hydrogens is 562 g/mol. The number of carboxylic acids is 2. The number of nitrogens with two attached hydrogens (primary N) is 4. The second-order valence-electron chi connectivity index (χ2n) is 10.0. The van der Waals surface area contributed by atoms with Gasteiger partial charge in [0.1, 0.15) is 18.1 Å². The van der Waals surface area contributed by atoms with Crippen molar-refractivity contribution >= 4 is 46.5 Å². The number of carboxylic acid groups (broad SMARTS) is 2. The van der Waals surface area contributed by atoms with Crippen molar-refractivity contribution in [3.8, 4) is 0 Å². The summed E-state index contributed by atoms with van der Waals surface area (Å²) >= 11 is 0. The summed E-state index contributed by atoms with van der Waals surface area (Å²) in [7, 11) is 0. The number of unbranched alkanes of at least 4 members (excludes halogenated alkanes) is 1. The van der Waals surface area contributed by atoms with Gasteiger partial charge in [-0.3, -0.25) is 24.2 Å². The Labute approximate surface area is 248 Å². The first-order valence-corrected chi connectivity index (χ1v) is 13.8. The molecule has 3 amide bonds. The van der Waals surface area contributed by atoms with Gasteiger partial charge in [-0.05, 0) is 56.7 Å². The second kappa shape index (κ2) is 17.3.